The van der Waals surface area contributed by atoms with Crippen LogP contribution in [0.5, 0.6) is 11.5 Å². The van der Waals surface area contributed by atoms with Crippen LogP contribution in [0, 0.1) is 0 Å². The number of nitrogens with zero attached hydrogens (tertiary/aromatic N) is 2. The monoisotopic (exact) mass is 554 g/mol. The Morgan fingerprint density at radius 2 is 1.72 bits per heavy atom. The Kier molecular flexibility index (Phi) is 7.78. The molecule has 1 atom stereocenters. The number of methoxy groups -OCH3 is 1. The Labute approximate surface area is 219 Å². The van der Waals surface area contributed by atoms with Gasteiger partial charge < -0.3 is 19.5 Å². The Hall–Kier alpha value is -3.80. The average Bonchev–Trinajstić information content (AvgIpc) is 3.06. The van der Waals surface area contributed by atoms with Crippen molar-refractivity contribution in [1.82, 2.24) is 4.98 Å². The fraction of sp³-hybridized carbons (Fsp3) is 0.333. The lowest BCUT2D eigenvalue weighted by atomic mass is 9.89. The highest BCUT2D eigenvalue weighted by atomic mass is 19.4. The lowest BCUT2D eigenvalue weighted by Gasteiger charge is -2.33. The van der Waals surface area contributed by atoms with Crippen LogP contribution in [0.3, 0.4) is 0 Å². The molecule has 4 rings (SSSR count). The predicted molar refractivity (Wildman–Crippen MR) is 128 cm³/mol. The molecule has 0 saturated heterocycles. The maximum atomic E-state index is 13.5. The predicted octanol–water partition coefficient (Wildman–Crippen LogP) is 5.37. The molecule has 1 aromatic heterocycles. The van der Waals surface area contributed by atoms with Crippen molar-refractivity contribution in [2.75, 3.05) is 18.6 Å². The number of hydrogen-bond acceptors (Lipinski definition) is 5. The normalized spacial score (nSPS) is 16.3. The van der Waals surface area contributed by atoms with Crippen molar-refractivity contribution in [3.63, 3.8) is 0 Å². The summed E-state index contributed by atoms with van der Waals surface area (Å²) >= 11 is 0. The van der Waals surface area contributed by atoms with Crippen LogP contribution in [0.1, 0.15) is 23.2 Å². The van der Waals surface area contributed by atoms with Crippen molar-refractivity contribution >= 4 is 11.6 Å². The molecule has 12 heteroatoms. The van der Waals surface area contributed by atoms with E-state index in [2.05, 4.69) is 4.98 Å². The van der Waals surface area contributed by atoms with E-state index in [1.165, 1.54) is 18.2 Å². The summed E-state index contributed by atoms with van der Waals surface area (Å²) in [7, 11) is 1.47. The molecule has 6 nitrogen and oxygen atoms in total. The van der Waals surface area contributed by atoms with Crippen molar-refractivity contribution < 1.29 is 45.7 Å². The fourth-order valence-corrected chi connectivity index (χ4v) is 4.42. The molecule has 3 aromatic rings. The molecule has 1 aliphatic rings. The standard InChI is InChI=1S/C27H24F6N2O4/c1-38-20-6-4-7-21(15-20)39-22-10-8-17-13-18(25(37,26(28,29)30)27(31,32)33)9-11-23(17)35(16-22)24(36)14-19-5-2-3-12-34-19/h2-7,9,11-13,15,22,37H,8,10,14,16H2,1H3. The molecule has 1 aliphatic heterocycles. The minimum absolute atomic E-state index is 0.0169. The van der Waals surface area contributed by atoms with E-state index in [4.69, 9.17) is 9.47 Å². The number of pyridine rings is 1. The summed E-state index contributed by atoms with van der Waals surface area (Å²) in [5.41, 5.74) is -5.88. The molecule has 0 spiro atoms. The molecule has 0 saturated carbocycles. The van der Waals surface area contributed by atoms with Crippen LogP contribution in [-0.4, -0.2) is 48.1 Å². The van der Waals surface area contributed by atoms with Gasteiger partial charge in [-0.1, -0.05) is 24.3 Å². The third kappa shape index (κ3) is 5.80. The van der Waals surface area contributed by atoms with Crippen molar-refractivity contribution in [3.05, 3.63) is 83.7 Å². The topological polar surface area (TPSA) is 71.9 Å². The molecule has 1 amide bonds. The van der Waals surface area contributed by atoms with Gasteiger partial charge in [0.25, 0.3) is 5.60 Å². The van der Waals surface area contributed by atoms with E-state index in [-0.39, 0.29) is 37.1 Å². The highest BCUT2D eigenvalue weighted by Crippen LogP contribution is 2.50. The first kappa shape index (κ1) is 28.2. The third-order valence-corrected chi connectivity index (χ3v) is 6.43. The second-order valence-electron chi connectivity index (χ2n) is 9.01. The summed E-state index contributed by atoms with van der Waals surface area (Å²) in [5, 5.41) is 9.92. The van der Waals surface area contributed by atoms with Gasteiger partial charge in [0.2, 0.25) is 5.91 Å². The molecule has 1 unspecified atom stereocenters. The number of hydrogen-bond donors (Lipinski definition) is 1. The highest BCUT2D eigenvalue weighted by Gasteiger charge is 2.71. The first-order chi connectivity index (χ1) is 18.3. The van der Waals surface area contributed by atoms with Gasteiger partial charge in [-0.25, -0.2) is 0 Å². The van der Waals surface area contributed by atoms with Gasteiger partial charge in [0, 0.05) is 29.2 Å². The van der Waals surface area contributed by atoms with Crippen LogP contribution in [0.15, 0.2) is 66.9 Å². The zero-order valence-electron chi connectivity index (χ0n) is 20.6. The van der Waals surface area contributed by atoms with Crippen molar-refractivity contribution in [2.24, 2.45) is 0 Å². The Balaban J connectivity index is 1.73. The maximum Gasteiger partial charge on any atom is 0.430 e. The molecule has 0 fully saturated rings. The van der Waals surface area contributed by atoms with Gasteiger partial charge in [-0.2, -0.15) is 26.3 Å². The summed E-state index contributed by atoms with van der Waals surface area (Å²) in [6.07, 6.45) is -11.2. The minimum atomic E-state index is -6.03. The van der Waals surface area contributed by atoms with Gasteiger partial charge in [-0.3, -0.25) is 9.78 Å². The molecule has 2 aromatic carbocycles. The second-order valence-corrected chi connectivity index (χ2v) is 9.01. The highest BCUT2D eigenvalue weighted by molar-refractivity contribution is 5.95. The maximum absolute atomic E-state index is 13.5. The van der Waals surface area contributed by atoms with Gasteiger partial charge >= 0.3 is 12.4 Å². The number of amides is 1. The quantitative estimate of drug-likeness (QED) is 0.415. The average molecular weight is 554 g/mol. The van der Waals surface area contributed by atoms with E-state index in [1.807, 2.05) is 0 Å². The smallest absolute Gasteiger partial charge is 0.430 e. The second kappa shape index (κ2) is 10.8. The number of aryl methyl sites for hydroxylation is 1. The van der Waals surface area contributed by atoms with Crippen molar-refractivity contribution in [2.45, 2.75) is 43.3 Å². The van der Waals surface area contributed by atoms with Gasteiger partial charge in [-0.15, -0.1) is 0 Å². The fourth-order valence-electron chi connectivity index (χ4n) is 4.42. The molecule has 208 valence electrons. The first-order valence-electron chi connectivity index (χ1n) is 11.8. The summed E-state index contributed by atoms with van der Waals surface area (Å²) in [6.45, 7) is -0.0297. The third-order valence-electron chi connectivity index (χ3n) is 6.43. The number of aliphatic hydroxyl groups is 1. The van der Waals surface area contributed by atoms with Crippen LogP contribution in [-0.2, 0) is 23.2 Å². The van der Waals surface area contributed by atoms with Gasteiger partial charge in [0.05, 0.1) is 20.1 Å². The van der Waals surface area contributed by atoms with E-state index >= 15 is 0 Å². The number of anilines is 1. The Morgan fingerprint density at radius 1 is 1.00 bits per heavy atom. The lowest BCUT2D eigenvalue weighted by molar-refractivity contribution is -0.376. The van der Waals surface area contributed by atoms with Crippen LogP contribution in [0.2, 0.25) is 0 Å². The number of halogens is 6. The number of carbonyl (C=O) groups excluding carboxylic acids is 1. The molecular formula is C27H24F6N2O4. The molecule has 39 heavy (non-hydrogen) atoms. The molecule has 0 radical (unpaired) electrons. The van der Waals surface area contributed by atoms with Crippen LogP contribution in [0.25, 0.3) is 0 Å². The van der Waals surface area contributed by atoms with Gasteiger partial charge in [0.15, 0.2) is 0 Å². The minimum Gasteiger partial charge on any atom is -0.497 e. The van der Waals surface area contributed by atoms with Crippen molar-refractivity contribution in [3.8, 4) is 11.5 Å². The van der Waals surface area contributed by atoms with Gasteiger partial charge in [-0.05, 0) is 48.7 Å². The molecule has 2 heterocycles. The Bertz CT molecular complexity index is 1300. The zero-order chi connectivity index (χ0) is 28.4. The number of carbonyl (C=O) groups is 1. The number of rotatable bonds is 6. The number of ether oxygens (including phenoxy) is 2. The number of alkyl halides is 6. The summed E-state index contributed by atoms with van der Waals surface area (Å²) in [5.74, 6) is 0.438. The Morgan fingerprint density at radius 3 is 2.36 bits per heavy atom. The lowest BCUT2D eigenvalue weighted by Crippen LogP contribution is -2.54. The molecular weight excluding hydrogens is 530 g/mol. The number of fused-ring (bicyclic) bond motifs is 1. The van der Waals surface area contributed by atoms with E-state index in [0.717, 1.165) is 6.07 Å². The summed E-state index contributed by atoms with van der Waals surface area (Å²) in [6, 6.07) is 13.8. The van der Waals surface area contributed by atoms with Gasteiger partial charge in [0.1, 0.15) is 17.6 Å². The molecule has 0 bridgehead atoms. The van der Waals surface area contributed by atoms with Crippen molar-refractivity contribution in [1.29, 1.82) is 0 Å². The first-order valence-corrected chi connectivity index (χ1v) is 11.8. The number of aromatic nitrogens is 1. The van der Waals surface area contributed by atoms with Crippen LogP contribution >= 0.6 is 0 Å². The largest absolute Gasteiger partial charge is 0.497 e. The molecule has 0 aliphatic carbocycles. The summed E-state index contributed by atoms with van der Waals surface area (Å²) in [4.78, 5) is 18.8. The SMILES string of the molecule is COc1cccc(OC2CCc3cc(C(O)(C(F)(F)F)C(F)(F)F)ccc3N(C(=O)Cc3ccccn3)C2)c1. The van der Waals surface area contributed by atoms with E-state index < -0.39 is 35.5 Å². The number of benzene rings is 2. The van der Waals surface area contributed by atoms with E-state index in [1.54, 1.807) is 42.5 Å². The van der Waals surface area contributed by atoms with E-state index in [9.17, 15) is 36.2 Å². The summed E-state index contributed by atoms with van der Waals surface area (Å²) < 4.78 is 92.5. The zero-order valence-corrected chi connectivity index (χ0v) is 20.6. The van der Waals surface area contributed by atoms with E-state index in [0.29, 0.717) is 29.3 Å². The van der Waals surface area contributed by atoms with Crippen LogP contribution in [0.4, 0.5) is 32.0 Å². The molecule has 1 N–H and O–H groups in total. The van der Waals surface area contributed by atoms with Crippen LogP contribution < -0.4 is 14.4 Å².